The standard InChI is InChI=1S/C8H8F2N2O2/c1-14-5-2-12-7(8(9)10)6(11)4(5)3-13/h2-3,8H,11H2,1H3. The summed E-state index contributed by atoms with van der Waals surface area (Å²) in [6.45, 7) is 0. The Balaban J connectivity index is 3.34. The fourth-order valence-corrected chi connectivity index (χ4v) is 0.996. The number of hydrogen-bond acceptors (Lipinski definition) is 4. The first-order chi connectivity index (χ1) is 6.61. The number of nitrogen functional groups attached to an aromatic ring is 1. The number of ether oxygens (including phenoxy) is 1. The molecule has 1 aromatic heterocycles. The topological polar surface area (TPSA) is 65.2 Å². The number of hydrogen-bond donors (Lipinski definition) is 1. The monoisotopic (exact) mass is 202 g/mol. The number of alkyl halides is 2. The molecule has 0 amide bonds. The zero-order chi connectivity index (χ0) is 10.7. The molecule has 0 aromatic carbocycles. The summed E-state index contributed by atoms with van der Waals surface area (Å²) >= 11 is 0. The molecule has 1 rings (SSSR count). The first-order valence-electron chi connectivity index (χ1n) is 3.67. The molecule has 0 aliphatic heterocycles. The minimum atomic E-state index is -2.81. The van der Waals surface area contributed by atoms with Gasteiger partial charge < -0.3 is 10.5 Å². The van der Waals surface area contributed by atoms with Crippen molar-refractivity contribution in [3.05, 3.63) is 17.5 Å². The van der Waals surface area contributed by atoms with Gasteiger partial charge in [-0.05, 0) is 0 Å². The van der Waals surface area contributed by atoms with Crippen molar-refractivity contribution in [2.24, 2.45) is 0 Å². The van der Waals surface area contributed by atoms with Gasteiger partial charge in [-0.25, -0.2) is 13.8 Å². The van der Waals surface area contributed by atoms with Crippen molar-refractivity contribution >= 4 is 12.0 Å². The van der Waals surface area contributed by atoms with E-state index in [1.807, 2.05) is 0 Å². The number of pyridine rings is 1. The van der Waals surface area contributed by atoms with Gasteiger partial charge in [0.2, 0.25) is 0 Å². The molecular formula is C8H8F2N2O2. The molecule has 0 aliphatic carbocycles. The van der Waals surface area contributed by atoms with Gasteiger partial charge in [-0.1, -0.05) is 0 Å². The minimum Gasteiger partial charge on any atom is -0.494 e. The van der Waals surface area contributed by atoms with Crippen LogP contribution in [0.4, 0.5) is 14.5 Å². The molecule has 0 saturated heterocycles. The predicted molar refractivity (Wildman–Crippen MR) is 45.5 cm³/mol. The van der Waals surface area contributed by atoms with Crippen LogP contribution >= 0.6 is 0 Å². The summed E-state index contributed by atoms with van der Waals surface area (Å²) in [5, 5.41) is 0. The van der Waals surface area contributed by atoms with Crippen LogP contribution < -0.4 is 10.5 Å². The van der Waals surface area contributed by atoms with Crippen LogP contribution in [0.25, 0.3) is 0 Å². The summed E-state index contributed by atoms with van der Waals surface area (Å²) in [7, 11) is 1.30. The van der Waals surface area contributed by atoms with E-state index in [0.29, 0.717) is 6.29 Å². The number of aldehydes is 1. The highest BCUT2D eigenvalue weighted by Crippen LogP contribution is 2.29. The van der Waals surface area contributed by atoms with Gasteiger partial charge in [0.15, 0.2) is 6.29 Å². The maximum absolute atomic E-state index is 12.3. The lowest BCUT2D eigenvalue weighted by molar-refractivity contribution is 0.112. The van der Waals surface area contributed by atoms with E-state index in [-0.39, 0.29) is 17.0 Å². The van der Waals surface area contributed by atoms with Gasteiger partial charge in [-0.3, -0.25) is 4.79 Å². The van der Waals surface area contributed by atoms with Crippen molar-refractivity contribution in [1.82, 2.24) is 4.98 Å². The van der Waals surface area contributed by atoms with Crippen LogP contribution in [0.15, 0.2) is 6.20 Å². The highest BCUT2D eigenvalue weighted by molar-refractivity contribution is 5.87. The maximum atomic E-state index is 12.3. The van der Waals surface area contributed by atoms with Crippen LogP contribution in [-0.2, 0) is 0 Å². The third-order valence-corrected chi connectivity index (χ3v) is 1.70. The van der Waals surface area contributed by atoms with Crippen molar-refractivity contribution in [2.45, 2.75) is 6.43 Å². The van der Waals surface area contributed by atoms with Crippen molar-refractivity contribution in [3.8, 4) is 5.75 Å². The van der Waals surface area contributed by atoms with Crippen LogP contribution in [0.2, 0.25) is 0 Å². The average Bonchev–Trinajstić information content (AvgIpc) is 2.16. The second-order valence-electron chi connectivity index (χ2n) is 2.46. The Bertz CT molecular complexity index is 355. The number of anilines is 1. The number of carbonyl (C=O) groups excluding carboxylic acids is 1. The first kappa shape index (κ1) is 10.4. The van der Waals surface area contributed by atoms with E-state index in [1.54, 1.807) is 0 Å². The number of aromatic nitrogens is 1. The van der Waals surface area contributed by atoms with Gasteiger partial charge in [-0.15, -0.1) is 0 Å². The fourth-order valence-electron chi connectivity index (χ4n) is 0.996. The number of methoxy groups -OCH3 is 1. The molecule has 0 atom stereocenters. The summed E-state index contributed by atoms with van der Waals surface area (Å²) in [5.41, 5.74) is 4.28. The van der Waals surface area contributed by atoms with Gasteiger partial charge in [0.25, 0.3) is 6.43 Å². The largest absolute Gasteiger partial charge is 0.494 e. The van der Waals surface area contributed by atoms with E-state index in [1.165, 1.54) is 7.11 Å². The molecule has 1 heterocycles. The molecular weight excluding hydrogens is 194 g/mol. The van der Waals surface area contributed by atoms with E-state index in [0.717, 1.165) is 6.20 Å². The third-order valence-electron chi connectivity index (χ3n) is 1.70. The molecule has 0 saturated carbocycles. The van der Waals surface area contributed by atoms with E-state index < -0.39 is 12.1 Å². The molecule has 6 heteroatoms. The highest BCUT2D eigenvalue weighted by atomic mass is 19.3. The summed E-state index contributed by atoms with van der Waals surface area (Å²) in [5.74, 6) is 0.0851. The molecule has 0 spiro atoms. The van der Waals surface area contributed by atoms with Crippen LogP contribution in [0, 0.1) is 0 Å². The maximum Gasteiger partial charge on any atom is 0.282 e. The van der Waals surface area contributed by atoms with Crippen LogP contribution in [0.5, 0.6) is 5.75 Å². The Morgan fingerprint density at radius 3 is 2.71 bits per heavy atom. The molecule has 4 nitrogen and oxygen atoms in total. The molecule has 0 radical (unpaired) electrons. The first-order valence-corrected chi connectivity index (χ1v) is 3.67. The van der Waals surface area contributed by atoms with Crippen molar-refractivity contribution in [1.29, 1.82) is 0 Å². The Hall–Kier alpha value is -1.72. The van der Waals surface area contributed by atoms with Crippen molar-refractivity contribution in [2.75, 3.05) is 12.8 Å². The zero-order valence-corrected chi connectivity index (χ0v) is 7.33. The Kier molecular flexibility index (Phi) is 2.95. The number of carbonyl (C=O) groups is 1. The lowest BCUT2D eigenvalue weighted by Crippen LogP contribution is -2.04. The Morgan fingerprint density at radius 2 is 2.29 bits per heavy atom. The molecule has 0 aliphatic rings. The molecule has 1 aromatic rings. The third kappa shape index (κ3) is 1.63. The smallest absolute Gasteiger partial charge is 0.282 e. The lowest BCUT2D eigenvalue weighted by Gasteiger charge is -2.09. The van der Waals surface area contributed by atoms with Crippen molar-refractivity contribution < 1.29 is 18.3 Å². The Morgan fingerprint density at radius 1 is 1.64 bits per heavy atom. The molecule has 2 N–H and O–H groups in total. The summed E-state index contributed by atoms with van der Waals surface area (Å²) < 4.78 is 29.3. The lowest BCUT2D eigenvalue weighted by atomic mass is 10.2. The van der Waals surface area contributed by atoms with E-state index in [9.17, 15) is 13.6 Å². The van der Waals surface area contributed by atoms with Crippen LogP contribution in [0.3, 0.4) is 0 Å². The summed E-state index contributed by atoms with van der Waals surface area (Å²) in [6.07, 6.45) is -1.40. The number of nitrogens with zero attached hydrogens (tertiary/aromatic N) is 1. The molecule has 76 valence electrons. The van der Waals surface area contributed by atoms with Gasteiger partial charge >= 0.3 is 0 Å². The predicted octanol–water partition coefficient (Wildman–Crippen LogP) is 1.42. The average molecular weight is 202 g/mol. The van der Waals surface area contributed by atoms with Gasteiger partial charge in [0, 0.05) is 0 Å². The minimum absolute atomic E-state index is 0.0851. The Labute approximate surface area is 78.7 Å². The van der Waals surface area contributed by atoms with Crippen LogP contribution in [0.1, 0.15) is 22.5 Å². The molecule has 0 bridgehead atoms. The van der Waals surface area contributed by atoms with E-state index in [2.05, 4.69) is 4.98 Å². The van der Waals surface area contributed by atoms with E-state index >= 15 is 0 Å². The fraction of sp³-hybridized carbons (Fsp3) is 0.250. The second kappa shape index (κ2) is 3.99. The number of halogens is 2. The highest BCUT2D eigenvalue weighted by Gasteiger charge is 2.18. The summed E-state index contributed by atoms with van der Waals surface area (Å²) in [4.78, 5) is 13.9. The number of nitrogens with two attached hydrogens (primary N) is 1. The zero-order valence-electron chi connectivity index (χ0n) is 7.33. The van der Waals surface area contributed by atoms with E-state index in [4.69, 9.17) is 10.5 Å². The van der Waals surface area contributed by atoms with Gasteiger partial charge in [0.1, 0.15) is 11.4 Å². The molecule has 0 fully saturated rings. The van der Waals surface area contributed by atoms with Gasteiger partial charge in [0.05, 0.1) is 24.6 Å². The normalized spacial score (nSPS) is 10.3. The summed E-state index contributed by atoms with van der Waals surface area (Å²) in [6, 6.07) is 0. The SMILES string of the molecule is COc1cnc(C(F)F)c(N)c1C=O. The van der Waals surface area contributed by atoms with Crippen molar-refractivity contribution in [3.63, 3.8) is 0 Å². The number of rotatable bonds is 3. The van der Waals surface area contributed by atoms with Crippen LogP contribution in [-0.4, -0.2) is 18.4 Å². The second-order valence-corrected chi connectivity index (χ2v) is 2.46. The molecule has 14 heavy (non-hydrogen) atoms. The quantitative estimate of drug-likeness (QED) is 0.753. The molecule has 0 unspecified atom stereocenters. The van der Waals surface area contributed by atoms with Gasteiger partial charge in [-0.2, -0.15) is 0 Å².